The number of ether oxygens (including phenoxy) is 1. The molecule has 1 saturated heterocycles. The molecule has 0 amide bonds. The summed E-state index contributed by atoms with van der Waals surface area (Å²) in [6.07, 6.45) is 2.66. The number of nitrogens with zero attached hydrogens (tertiary/aromatic N) is 5. The van der Waals surface area contributed by atoms with Crippen LogP contribution in [-0.2, 0) is 0 Å². The van der Waals surface area contributed by atoms with Crippen LogP contribution in [0.5, 0.6) is 6.01 Å². The Balaban J connectivity index is 2.01. The van der Waals surface area contributed by atoms with Crippen LogP contribution in [0, 0.1) is 0 Å². The van der Waals surface area contributed by atoms with Gasteiger partial charge in [0.15, 0.2) is 0 Å². The molecular weight excluding hydrogens is 268 g/mol. The van der Waals surface area contributed by atoms with E-state index in [1.54, 1.807) is 7.05 Å². The maximum atomic E-state index is 5.59. The third kappa shape index (κ3) is 4.70. The summed E-state index contributed by atoms with van der Waals surface area (Å²) in [6, 6.07) is 0.368. The highest BCUT2D eigenvalue weighted by molar-refractivity contribution is 5.37. The SMILES string of the molecule is CNc1nc(OC(C)C)nc(N(C)CCN2CCCC2)n1. The van der Waals surface area contributed by atoms with Crippen molar-refractivity contribution in [3.8, 4) is 6.01 Å². The molecular formula is C14H26N6O. The lowest BCUT2D eigenvalue weighted by molar-refractivity contribution is 0.222. The first kappa shape index (κ1) is 15.8. The number of anilines is 2. The Kier molecular flexibility index (Phi) is 5.55. The molecule has 118 valence electrons. The maximum absolute atomic E-state index is 5.59. The smallest absolute Gasteiger partial charge is 0.323 e. The van der Waals surface area contributed by atoms with E-state index < -0.39 is 0 Å². The monoisotopic (exact) mass is 294 g/mol. The Labute approximate surface area is 126 Å². The number of likely N-dealkylation sites (N-methyl/N-ethyl adjacent to an activating group) is 1. The number of aromatic nitrogens is 3. The van der Waals surface area contributed by atoms with Crippen molar-refractivity contribution in [3.63, 3.8) is 0 Å². The molecule has 21 heavy (non-hydrogen) atoms. The molecule has 1 fully saturated rings. The highest BCUT2D eigenvalue weighted by Gasteiger charge is 2.15. The molecule has 0 aromatic carbocycles. The molecule has 1 aliphatic heterocycles. The topological polar surface area (TPSA) is 66.4 Å². The van der Waals surface area contributed by atoms with E-state index in [4.69, 9.17) is 4.74 Å². The van der Waals surface area contributed by atoms with Crippen LogP contribution in [0.15, 0.2) is 0 Å². The fourth-order valence-electron chi connectivity index (χ4n) is 2.29. The zero-order valence-corrected chi connectivity index (χ0v) is 13.5. The highest BCUT2D eigenvalue weighted by atomic mass is 16.5. The van der Waals surface area contributed by atoms with Crippen LogP contribution >= 0.6 is 0 Å². The average molecular weight is 294 g/mol. The third-order valence-electron chi connectivity index (χ3n) is 3.46. The molecule has 1 aromatic rings. The minimum Gasteiger partial charge on any atom is -0.461 e. The molecule has 0 saturated carbocycles. The van der Waals surface area contributed by atoms with Crippen molar-refractivity contribution in [2.45, 2.75) is 32.8 Å². The molecule has 1 aromatic heterocycles. The summed E-state index contributed by atoms with van der Waals surface area (Å²) in [4.78, 5) is 17.5. The van der Waals surface area contributed by atoms with Crippen LogP contribution in [-0.4, -0.2) is 66.2 Å². The van der Waals surface area contributed by atoms with Crippen molar-refractivity contribution < 1.29 is 4.74 Å². The summed E-state index contributed by atoms with van der Waals surface area (Å²) in [6.45, 7) is 8.26. The molecule has 0 radical (unpaired) electrons. The van der Waals surface area contributed by atoms with Crippen LogP contribution in [0.4, 0.5) is 11.9 Å². The third-order valence-corrected chi connectivity index (χ3v) is 3.46. The summed E-state index contributed by atoms with van der Waals surface area (Å²) in [5, 5.41) is 2.95. The van der Waals surface area contributed by atoms with Crippen molar-refractivity contribution in [3.05, 3.63) is 0 Å². The molecule has 2 rings (SSSR count). The summed E-state index contributed by atoms with van der Waals surface area (Å²) in [7, 11) is 3.80. The average Bonchev–Trinajstić information content (AvgIpc) is 2.96. The van der Waals surface area contributed by atoms with Gasteiger partial charge in [0, 0.05) is 27.2 Å². The fraction of sp³-hybridized carbons (Fsp3) is 0.786. The first-order valence-electron chi connectivity index (χ1n) is 7.62. The van der Waals surface area contributed by atoms with Gasteiger partial charge in [-0.1, -0.05) is 0 Å². The number of likely N-dealkylation sites (tertiary alicyclic amines) is 1. The minimum absolute atomic E-state index is 0.0415. The lowest BCUT2D eigenvalue weighted by Crippen LogP contribution is -2.32. The van der Waals surface area contributed by atoms with Crippen LogP contribution in [0.3, 0.4) is 0 Å². The van der Waals surface area contributed by atoms with Gasteiger partial charge in [0.25, 0.3) is 0 Å². The van der Waals surface area contributed by atoms with Gasteiger partial charge < -0.3 is 19.9 Å². The van der Waals surface area contributed by atoms with Gasteiger partial charge in [-0.2, -0.15) is 15.0 Å². The molecule has 1 aliphatic rings. The predicted octanol–water partition coefficient (Wildman–Crippen LogP) is 1.23. The zero-order valence-electron chi connectivity index (χ0n) is 13.5. The van der Waals surface area contributed by atoms with Crippen molar-refractivity contribution in [2.75, 3.05) is 50.5 Å². The Morgan fingerprint density at radius 3 is 2.57 bits per heavy atom. The van der Waals surface area contributed by atoms with Gasteiger partial charge in [0.2, 0.25) is 11.9 Å². The highest BCUT2D eigenvalue weighted by Crippen LogP contribution is 2.15. The molecule has 0 bridgehead atoms. The first-order chi connectivity index (χ1) is 10.1. The quantitative estimate of drug-likeness (QED) is 0.811. The molecule has 7 nitrogen and oxygen atoms in total. The summed E-state index contributed by atoms with van der Waals surface area (Å²) in [5.41, 5.74) is 0. The van der Waals surface area contributed by atoms with Gasteiger partial charge in [-0.15, -0.1) is 0 Å². The summed E-state index contributed by atoms with van der Waals surface area (Å²) < 4.78 is 5.59. The van der Waals surface area contributed by atoms with Crippen LogP contribution in [0.1, 0.15) is 26.7 Å². The Morgan fingerprint density at radius 2 is 1.95 bits per heavy atom. The fourth-order valence-corrected chi connectivity index (χ4v) is 2.29. The van der Waals surface area contributed by atoms with E-state index in [1.807, 2.05) is 25.8 Å². The molecule has 1 N–H and O–H groups in total. The van der Waals surface area contributed by atoms with Crippen molar-refractivity contribution in [1.29, 1.82) is 0 Å². The van der Waals surface area contributed by atoms with Gasteiger partial charge >= 0.3 is 6.01 Å². The summed E-state index contributed by atoms with van der Waals surface area (Å²) in [5.74, 6) is 1.17. The number of nitrogens with one attached hydrogen (secondary N) is 1. The van der Waals surface area contributed by atoms with Crippen molar-refractivity contribution >= 4 is 11.9 Å². The second-order valence-electron chi connectivity index (χ2n) is 5.63. The van der Waals surface area contributed by atoms with E-state index >= 15 is 0 Å². The van der Waals surface area contributed by atoms with Gasteiger partial charge in [0.1, 0.15) is 0 Å². The van der Waals surface area contributed by atoms with E-state index in [0.29, 0.717) is 17.9 Å². The summed E-state index contributed by atoms with van der Waals surface area (Å²) >= 11 is 0. The van der Waals surface area contributed by atoms with Crippen molar-refractivity contribution in [2.24, 2.45) is 0 Å². The molecule has 7 heteroatoms. The Hall–Kier alpha value is -1.63. The van der Waals surface area contributed by atoms with Gasteiger partial charge in [-0.3, -0.25) is 0 Å². The normalized spacial score (nSPS) is 15.5. The molecule has 0 spiro atoms. The Bertz CT molecular complexity index is 447. The van der Waals surface area contributed by atoms with E-state index in [2.05, 4.69) is 25.2 Å². The predicted molar refractivity (Wildman–Crippen MR) is 84.1 cm³/mol. The molecule has 0 atom stereocenters. The van der Waals surface area contributed by atoms with Crippen LogP contribution in [0.25, 0.3) is 0 Å². The van der Waals surface area contributed by atoms with Crippen molar-refractivity contribution in [1.82, 2.24) is 19.9 Å². The van der Waals surface area contributed by atoms with E-state index in [1.165, 1.54) is 25.9 Å². The largest absolute Gasteiger partial charge is 0.461 e. The lowest BCUT2D eigenvalue weighted by atomic mass is 10.4. The van der Waals surface area contributed by atoms with E-state index in [-0.39, 0.29) is 6.10 Å². The van der Waals surface area contributed by atoms with Crippen LogP contribution < -0.4 is 15.0 Å². The molecule has 2 heterocycles. The second-order valence-corrected chi connectivity index (χ2v) is 5.63. The number of hydrogen-bond donors (Lipinski definition) is 1. The van der Waals surface area contributed by atoms with Gasteiger partial charge in [-0.05, 0) is 39.8 Å². The van der Waals surface area contributed by atoms with Crippen LogP contribution in [0.2, 0.25) is 0 Å². The van der Waals surface area contributed by atoms with E-state index in [0.717, 1.165) is 13.1 Å². The standard InChI is InChI=1S/C14H26N6O/c1-11(2)21-14-17-12(15-3)16-13(18-14)19(4)9-10-20-7-5-6-8-20/h11H,5-10H2,1-4H3,(H,15,16,17,18). The Morgan fingerprint density at radius 1 is 1.24 bits per heavy atom. The number of rotatable bonds is 7. The van der Waals surface area contributed by atoms with Gasteiger partial charge in [-0.25, -0.2) is 0 Å². The molecule has 0 unspecified atom stereocenters. The number of hydrogen-bond acceptors (Lipinski definition) is 7. The van der Waals surface area contributed by atoms with Gasteiger partial charge in [0.05, 0.1) is 6.10 Å². The second kappa shape index (κ2) is 7.40. The minimum atomic E-state index is 0.0415. The lowest BCUT2D eigenvalue weighted by Gasteiger charge is -2.22. The van der Waals surface area contributed by atoms with E-state index in [9.17, 15) is 0 Å². The molecule has 0 aliphatic carbocycles. The first-order valence-corrected chi connectivity index (χ1v) is 7.62. The zero-order chi connectivity index (χ0) is 15.2. The maximum Gasteiger partial charge on any atom is 0.323 e.